The molecule has 0 aliphatic heterocycles. The van der Waals surface area contributed by atoms with Crippen molar-refractivity contribution >= 4 is 27.6 Å². The summed E-state index contributed by atoms with van der Waals surface area (Å²) >= 11 is 0. The zero-order chi connectivity index (χ0) is 25.7. The van der Waals surface area contributed by atoms with Crippen LogP contribution < -0.4 is 20.5 Å². The van der Waals surface area contributed by atoms with Gasteiger partial charge in [0.25, 0.3) is 0 Å². The van der Waals surface area contributed by atoms with E-state index < -0.39 is 16.1 Å². The van der Waals surface area contributed by atoms with Gasteiger partial charge in [0.2, 0.25) is 10.0 Å². The maximum atomic E-state index is 13.2. The number of amides is 1. The largest absolute Gasteiger partial charge is 0.420 e. The molecule has 0 aliphatic carbocycles. The lowest BCUT2D eigenvalue weighted by Crippen LogP contribution is -2.33. The molecule has 0 atom stereocenters. The van der Waals surface area contributed by atoms with Crippen molar-refractivity contribution in [3.63, 3.8) is 0 Å². The number of nitrogen functional groups attached to an aromatic ring is 1. The van der Waals surface area contributed by atoms with E-state index in [0.29, 0.717) is 22.4 Å². The molecule has 0 bridgehead atoms. The molecule has 0 aliphatic rings. The summed E-state index contributed by atoms with van der Waals surface area (Å²) in [5, 5.41) is 13.0. The highest BCUT2D eigenvalue weighted by Crippen LogP contribution is 2.28. The molecular formula is C27H24N4O4S. The molecule has 9 heteroatoms. The van der Waals surface area contributed by atoms with Crippen LogP contribution >= 0.6 is 0 Å². The number of carbonyl (C=O) groups excluding carboxylic acids is 1. The molecule has 1 amide bonds. The number of nitrogens with one attached hydrogen (secondary N) is 1. The Balaban J connectivity index is 1.59. The van der Waals surface area contributed by atoms with Crippen LogP contribution in [0.5, 0.6) is 5.75 Å². The predicted octanol–water partition coefficient (Wildman–Crippen LogP) is 4.49. The van der Waals surface area contributed by atoms with E-state index in [-0.39, 0.29) is 23.0 Å². The number of ether oxygens (including phenoxy) is 1. The second-order valence-corrected chi connectivity index (χ2v) is 9.50. The van der Waals surface area contributed by atoms with Gasteiger partial charge in [0.1, 0.15) is 11.6 Å². The van der Waals surface area contributed by atoms with Gasteiger partial charge < -0.3 is 10.5 Å². The van der Waals surface area contributed by atoms with Gasteiger partial charge in [-0.3, -0.25) is 10.3 Å². The average molecular weight is 501 g/mol. The lowest BCUT2D eigenvalue weighted by atomic mass is 10.1. The summed E-state index contributed by atoms with van der Waals surface area (Å²) in [6.07, 6.45) is -0.605. The first-order valence-electron chi connectivity index (χ1n) is 10.9. The third-order valence-electron chi connectivity index (χ3n) is 5.43. The summed E-state index contributed by atoms with van der Waals surface area (Å²) in [5.41, 5.74) is 8.65. The number of para-hydroxylation sites is 1. The lowest BCUT2D eigenvalue weighted by molar-refractivity contribution is 0.207. The van der Waals surface area contributed by atoms with Crippen molar-refractivity contribution in [1.29, 1.82) is 5.41 Å². The lowest BCUT2D eigenvalue weighted by Gasteiger charge is -2.22. The fourth-order valence-corrected chi connectivity index (χ4v) is 4.46. The number of rotatable bonds is 7. The van der Waals surface area contributed by atoms with Gasteiger partial charge in [0.05, 0.1) is 11.4 Å². The Morgan fingerprint density at radius 3 is 2.19 bits per heavy atom. The highest BCUT2D eigenvalue weighted by Gasteiger charge is 2.20. The topological polar surface area (TPSA) is 140 Å². The van der Waals surface area contributed by atoms with Gasteiger partial charge in [-0.15, -0.1) is 0 Å². The summed E-state index contributed by atoms with van der Waals surface area (Å²) in [4.78, 5) is 14.7. The third kappa shape index (κ3) is 5.77. The molecule has 4 rings (SSSR count). The maximum absolute atomic E-state index is 13.2. The molecule has 0 heterocycles. The molecule has 0 saturated carbocycles. The minimum Gasteiger partial charge on any atom is -0.410 e. The van der Waals surface area contributed by atoms with E-state index in [2.05, 4.69) is 0 Å². The highest BCUT2D eigenvalue weighted by atomic mass is 32.2. The number of sulfonamides is 1. The zero-order valence-electron chi connectivity index (χ0n) is 19.2. The summed E-state index contributed by atoms with van der Waals surface area (Å²) in [6.45, 7) is 0.198. The normalized spacial score (nSPS) is 11.0. The Morgan fingerprint density at radius 1 is 0.861 bits per heavy atom. The van der Waals surface area contributed by atoms with E-state index in [1.54, 1.807) is 72.8 Å². The van der Waals surface area contributed by atoms with E-state index in [1.807, 2.05) is 24.3 Å². The van der Waals surface area contributed by atoms with E-state index in [0.717, 1.165) is 5.56 Å². The van der Waals surface area contributed by atoms with Crippen molar-refractivity contribution < 1.29 is 17.9 Å². The van der Waals surface area contributed by atoms with Crippen LogP contribution in [-0.4, -0.2) is 20.3 Å². The number of primary sulfonamides is 1. The summed E-state index contributed by atoms with van der Waals surface area (Å²) in [7, 11) is -3.90. The second kappa shape index (κ2) is 10.4. The first-order valence-corrected chi connectivity index (χ1v) is 12.5. The van der Waals surface area contributed by atoms with Gasteiger partial charge in [0.15, 0.2) is 0 Å². The third-order valence-corrected chi connectivity index (χ3v) is 6.40. The maximum Gasteiger partial charge on any atom is 0.420 e. The van der Waals surface area contributed by atoms with E-state index in [1.165, 1.54) is 11.0 Å². The molecule has 0 radical (unpaired) electrons. The molecule has 0 spiro atoms. The van der Waals surface area contributed by atoms with Crippen molar-refractivity contribution in [2.24, 2.45) is 10.9 Å². The molecule has 0 fully saturated rings. The molecular weight excluding hydrogens is 476 g/mol. The number of carbonyl (C=O) groups is 1. The van der Waals surface area contributed by atoms with Gasteiger partial charge in [0, 0.05) is 16.8 Å². The van der Waals surface area contributed by atoms with Crippen molar-refractivity contribution in [2.75, 3.05) is 4.90 Å². The Hall–Kier alpha value is -4.47. The van der Waals surface area contributed by atoms with E-state index in [9.17, 15) is 13.2 Å². The molecule has 36 heavy (non-hydrogen) atoms. The van der Waals surface area contributed by atoms with Crippen molar-refractivity contribution in [3.8, 4) is 16.9 Å². The number of benzene rings is 4. The summed E-state index contributed by atoms with van der Waals surface area (Å²) < 4.78 is 29.5. The van der Waals surface area contributed by atoms with E-state index in [4.69, 9.17) is 21.0 Å². The minimum absolute atomic E-state index is 0.0118. The van der Waals surface area contributed by atoms with Gasteiger partial charge in [-0.05, 0) is 47.5 Å². The summed E-state index contributed by atoms with van der Waals surface area (Å²) in [5.74, 6) is 0.227. The van der Waals surface area contributed by atoms with Gasteiger partial charge >= 0.3 is 6.09 Å². The van der Waals surface area contributed by atoms with Crippen LogP contribution in [0.4, 0.5) is 10.5 Å². The van der Waals surface area contributed by atoms with Crippen molar-refractivity contribution in [1.82, 2.24) is 0 Å². The molecule has 0 aromatic heterocycles. The number of anilines is 1. The fraction of sp³-hybridized carbons (Fsp3) is 0.0370. The predicted molar refractivity (Wildman–Crippen MR) is 139 cm³/mol. The fourth-order valence-electron chi connectivity index (χ4n) is 3.70. The number of nitrogens with zero attached hydrogens (tertiary/aromatic N) is 1. The van der Waals surface area contributed by atoms with Gasteiger partial charge in [-0.25, -0.2) is 18.4 Å². The van der Waals surface area contributed by atoms with Gasteiger partial charge in [-0.2, -0.15) is 0 Å². The number of nitrogens with two attached hydrogens (primary N) is 2. The zero-order valence-corrected chi connectivity index (χ0v) is 20.0. The van der Waals surface area contributed by atoms with Crippen LogP contribution in [0.15, 0.2) is 108 Å². The van der Waals surface area contributed by atoms with Crippen LogP contribution in [0.3, 0.4) is 0 Å². The molecule has 8 nitrogen and oxygen atoms in total. The van der Waals surface area contributed by atoms with E-state index >= 15 is 0 Å². The molecule has 182 valence electrons. The SMILES string of the molecule is N=C(N)c1cccc(CN(C(=O)Oc2ccc(-c3ccccc3S(N)(=O)=O)cc2)c2ccccc2)c1. The van der Waals surface area contributed by atoms with Crippen molar-refractivity contribution in [2.45, 2.75) is 11.4 Å². The van der Waals surface area contributed by atoms with Crippen LogP contribution in [0, 0.1) is 5.41 Å². The number of hydrogen-bond donors (Lipinski definition) is 3. The minimum atomic E-state index is -3.90. The Bertz CT molecular complexity index is 1500. The number of amidine groups is 1. The smallest absolute Gasteiger partial charge is 0.410 e. The van der Waals surface area contributed by atoms with Crippen molar-refractivity contribution in [3.05, 3.63) is 114 Å². The average Bonchev–Trinajstić information content (AvgIpc) is 2.88. The van der Waals surface area contributed by atoms with Crippen LogP contribution in [0.25, 0.3) is 11.1 Å². The monoisotopic (exact) mass is 500 g/mol. The highest BCUT2D eigenvalue weighted by molar-refractivity contribution is 7.89. The number of hydrogen-bond acceptors (Lipinski definition) is 5. The Kier molecular flexibility index (Phi) is 7.14. The quantitative estimate of drug-likeness (QED) is 0.253. The molecule has 4 aromatic rings. The first-order chi connectivity index (χ1) is 17.2. The van der Waals surface area contributed by atoms with Crippen LogP contribution in [-0.2, 0) is 16.6 Å². The summed E-state index contributed by atoms with van der Waals surface area (Å²) in [6, 6.07) is 29.1. The molecule has 4 aromatic carbocycles. The van der Waals surface area contributed by atoms with Crippen LogP contribution in [0.2, 0.25) is 0 Å². The Morgan fingerprint density at radius 2 is 1.53 bits per heavy atom. The van der Waals surface area contributed by atoms with Gasteiger partial charge in [-0.1, -0.05) is 66.7 Å². The Labute approximate surface area is 209 Å². The molecule has 0 saturated heterocycles. The second-order valence-electron chi connectivity index (χ2n) is 7.97. The van der Waals surface area contributed by atoms with Crippen LogP contribution in [0.1, 0.15) is 11.1 Å². The molecule has 0 unspecified atom stereocenters. The first kappa shape index (κ1) is 24.6. The standard InChI is InChI=1S/C27H24N4O4S/c28-26(29)21-8-6-7-19(17-21)18-31(22-9-2-1-3-10-22)27(32)35-23-15-13-20(14-16-23)24-11-4-5-12-25(24)36(30,33)34/h1-17H,18H2,(H3,28,29)(H2,30,33,34). The molecule has 5 N–H and O–H groups in total.